The Bertz CT molecular complexity index is 818. The summed E-state index contributed by atoms with van der Waals surface area (Å²) in [5, 5.41) is 0. The number of hydrogen-bond acceptors (Lipinski definition) is 2. The molecule has 0 radical (unpaired) electrons. The predicted octanol–water partition coefficient (Wildman–Crippen LogP) is 2.95. The molecule has 4 nitrogen and oxygen atoms in total. The van der Waals surface area contributed by atoms with Gasteiger partial charge < -0.3 is 10.7 Å². The number of amides is 1. The van der Waals surface area contributed by atoms with Gasteiger partial charge >= 0.3 is 0 Å². The van der Waals surface area contributed by atoms with Crippen LogP contribution in [0.5, 0.6) is 0 Å². The molecule has 3 N–H and O–H groups in total. The Balaban J connectivity index is 2.20. The van der Waals surface area contributed by atoms with Gasteiger partial charge in [0.05, 0.1) is 17.4 Å². The SMILES string of the molecule is Cc1cc(-c2ccc3[nH]cnc3c2)cc(C(N)=O)c1C. The molecule has 3 rings (SSSR count). The zero-order chi connectivity index (χ0) is 14.3. The van der Waals surface area contributed by atoms with E-state index in [-0.39, 0.29) is 0 Å². The molecule has 0 atom stereocenters. The third kappa shape index (κ3) is 1.95. The van der Waals surface area contributed by atoms with Gasteiger partial charge in [-0.1, -0.05) is 12.1 Å². The van der Waals surface area contributed by atoms with Gasteiger partial charge in [0.25, 0.3) is 0 Å². The average Bonchev–Trinajstić information content (AvgIpc) is 2.88. The quantitative estimate of drug-likeness (QED) is 0.747. The number of nitrogens with one attached hydrogen (secondary N) is 1. The van der Waals surface area contributed by atoms with Gasteiger partial charge in [-0.3, -0.25) is 4.79 Å². The zero-order valence-electron chi connectivity index (χ0n) is 11.4. The van der Waals surface area contributed by atoms with E-state index >= 15 is 0 Å². The largest absolute Gasteiger partial charge is 0.366 e. The number of fused-ring (bicyclic) bond motifs is 1. The molecule has 1 aromatic heterocycles. The normalized spacial score (nSPS) is 10.9. The highest BCUT2D eigenvalue weighted by Gasteiger charge is 2.11. The molecule has 20 heavy (non-hydrogen) atoms. The highest BCUT2D eigenvalue weighted by molar-refractivity contribution is 5.96. The van der Waals surface area contributed by atoms with Gasteiger partial charge in [0.2, 0.25) is 5.91 Å². The van der Waals surface area contributed by atoms with Crippen molar-refractivity contribution in [2.75, 3.05) is 0 Å². The summed E-state index contributed by atoms with van der Waals surface area (Å²) in [6, 6.07) is 9.90. The lowest BCUT2D eigenvalue weighted by atomic mass is 9.95. The summed E-state index contributed by atoms with van der Waals surface area (Å²) in [5.41, 5.74) is 11.9. The summed E-state index contributed by atoms with van der Waals surface area (Å²) in [6.45, 7) is 3.90. The van der Waals surface area contributed by atoms with Gasteiger partial charge in [-0.05, 0) is 54.3 Å². The first-order valence-corrected chi connectivity index (χ1v) is 6.41. The van der Waals surface area contributed by atoms with Crippen molar-refractivity contribution in [1.82, 2.24) is 9.97 Å². The standard InChI is InChI=1S/C16H15N3O/c1-9-5-12(6-13(10(9)2)16(17)20)11-3-4-14-15(7-11)19-8-18-14/h3-8H,1-2H3,(H2,17,20)(H,18,19). The Kier molecular flexibility index (Phi) is 2.79. The fourth-order valence-corrected chi connectivity index (χ4v) is 2.39. The number of primary amides is 1. The topological polar surface area (TPSA) is 71.8 Å². The highest BCUT2D eigenvalue weighted by atomic mass is 16.1. The molecule has 0 saturated carbocycles. The van der Waals surface area contributed by atoms with Crippen molar-refractivity contribution in [3.8, 4) is 11.1 Å². The van der Waals surface area contributed by atoms with Crippen molar-refractivity contribution in [2.24, 2.45) is 5.73 Å². The average molecular weight is 265 g/mol. The van der Waals surface area contributed by atoms with E-state index in [0.29, 0.717) is 5.56 Å². The van der Waals surface area contributed by atoms with Crippen molar-refractivity contribution in [1.29, 1.82) is 0 Å². The molecule has 100 valence electrons. The number of carbonyl (C=O) groups excluding carboxylic acids is 1. The molecule has 0 saturated heterocycles. The fourth-order valence-electron chi connectivity index (χ4n) is 2.39. The van der Waals surface area contributed by atoms with Crippen LogP contribution in [0.25, 0.3) is 22.2 Å². The molecular weight excluding hydrogens is 250 g/mol. The van der Waals surface area contributed by atoms with Gasteiger partial charge in [0.15, 0.2) is 0 Å². The minimum absolute atomic E-state index is 0.395. The van der Waals surface area contributed by atoms with E-state index < -0.39 is 5.91 Å². The van der Waals surface area contributed by atoms with Crippen LogP contribution in [-0.2, 0) is 0 Å². The summed E-state index contributed by atoms with van der Waals surface area (Å²) in [7, 11) is 0. The maximum atomic E-state index is 11.5. The summed E-state index contributed by atoms with van der Waals surface area (Å²) in [5.74, 6) is -0.395. The van der Waals surface area contributed by atoms with Crippen molar-refractivity contribution in [2.45, 2.75) is 13.8 Å². The first kappa shape index (κ1) is 12.4. The lowest BCUT2D eigenvalue weighted by Crippen LogP contribution is -2.13. The molecule has 0 unspecified atom stereocenters. The van der Waals surface area contributed by atoms with Crippen molar-refractivity contribution >= 4 is 16.9 Å². The number of hydrogen-bond donors (Lipinski definition) is 2. The number of aryl methyl sites for hydroxylation is 1. The first-order valence-electron chi connectivity index (χ1n) is 6.41. The molecule has 0 bridgehead atoms. The number of aromatic nitrogens is 2. The van der Waals surface area contributed by atoms with Gasteiger partial charge in [-0.25, -0.2) is 4.98 Å². The Morgan fingerprint density at radius 1 is 1.15 bits per heavy atom. The smallest absolute Gasteiger partial charge is 0.248 e. The molecule has 3 aromatic rings. The Morgan fingerprint density at radius 2 is 1.95 bits per heavy atom. The van der Waals surface area contributed by atoms with Gasteiger partial charge in [0, 0.05) is 5.56 Å². The van der Waals surface area contributed by atoms with Crippen LogP contribution in [-0.4, -0.2) is 15.9 Å². The Morgan fingerprint density at radius 3 is 2.70 bits per heavy atom. The van der Waals surface area contributed by atoms with Crippen LogP contribution in [0, 0.1) is 13.8 Å². The van der Waals surface area contributed by atoms with Crippen molar-refractivity contribution < 1.29 is 4.79 Å². The number of H-pyrrole nitrogens is 1. The molecule has 4 heteroatoms. The number of nitrogens with two attached hydrogens (primary N) is 1. The van der Waals surface area contributed by atoms with Gasteiger partial charge in [0.1, 0.15) is 0 Å². The molecule has 2 aromatic carbocycles. The molecule has 0 aliphatic rings. The van der Waals surface area contributed by atoms with E-state index in [1.165, 1.54) is 0 Å². The second kappa shape index (κ2) is 4.49. The molecule has 0 fully saturated rings. The summed E-state index contributed by atoms with van der Waals surface area (Å²) >= 11 is 0. The maximum Gasteiger partial charge on any atom is 0.248 e. The van der Waals surface area contributed by atoms with E-state index in [2.05, 4.69) is 16.0 Å². The fraction of sp³-hybridized carbons (Fsp3) is 0.125. The van der Waals surface area contributed by atoms with E-state index in [0.717, 1.165) is 33.3 Å². The highest BCUT2D eigenvalue weighted by Crippen LogP contribution is 2.27. The second-order valence-electron chi connectivity index (χ2n) is 4.96. The molecule has 1 amide bonds. The van der Waals surface area contributed by atoms with Crippen LogP contribution in [0.2, 0.25) is 0 Å². The summed E-state index contributed by atoms with van der Waals surface area (Å²) < 4.78 is 0. The maximum absolute atomic E-state index is 11.5. The van der Waals surface area contributed by atoms with Crippen LogP contribution in [0.4, 0.5) is 0 Å². The van der Waals surface area contributed by atoms with Crippen LogP contribution in [0.3, 0.4) is 0 Å². The van der Waals surface area contributed by atoms with Crippen LogP contribution in [0.1, 0.15) is 21.5 Å². The minimum Gasteiger partial charge on any atom is -0.366 e. The lowest BCUT2D eigenvalue weighted by Gasteiger charge is -2.10. The minimum atomic E-state index is -0.395. The number of imidazole rings is 1. The predicted molar refractivity (Wildman–Crippen MR) is 79.5 cm³/mol. The van der Waals surface area contributed by atoms with E-state index in [9.17, 15) is 4.79 Å². The number of benzene rings is 2. The molecule has 0 spiro atoms. The molecule has 0 aliphatic heterocycles. The first-order chi connectivity index (χ1) is 9.56. The lowest BCUT2D eigenvalue weighted by molar-refractivity contribution is 0.0999. The van der Waals surface area contributed by atoms with Crippen LogP contribution in [0.15, 0.2) is 36.7 Å². The third-order valence-corrected chi connectivity index (χ3v) is 3.69. The van der Waals surface area contributed by atoms with E-state index in [4.69, 9.17) is 5.73 Å². The molecular formula is C16H15N3O. The molecule has 0 aliphatic carbocycles. The van der Waals surface area contributed by atoms with Crippen molar-refractivity contribution in [3.63, 3.8) is 0 Å². The van der Waals surface area contributed by atoms with E-state index in [1.54, 1.807) is 6.33 Å². The number of aromatic amines is 1. The van der Waals surface area contributed by atoms with Crippen LogP contribution >= 0.6 is 0 Å². The summed E-state index contributed by atoms with van der Waals surface area (Å²) in [4.78, 5) is 18.9. The molecule has 1 heterocycles. The second-order valence-corrected chi connectivity index (χ2v) is 4.96. The van der Waals surface area contributed by atoms with Gasteiger partial charge in [-0.2, -0.15) is 0 Å². The summed E-state index contributed by atoms with van der Waals surface area (Å²) in [6.07, 6.45) is 1.67. The van der Waals surface area contributed by atoms with E-state index in [1.807, 2.05) is 38.1 Å². The number of carbonyl (C=O) groups is 1. The van der Waals surface area contributed by atoms with Crippen molar-refractivity contribution in [3.05, 3.63) is 53.3 Å². The number of nitrogens with zero attached hydrogens (tertiary/aromatic N) is 1. The Hall–Kier alpha value is -2.62. The monoisotopic (exact) mass is 265 g/mol. The zero-order valence-corrected chi connectivity index (χ0v) is 11.4. The number of rotatable bonds is 2. The Labute approximate surface area is 116 Å². The van der Waals surface area contributed by atoms with Crippen LogP contribution < -0.4 is 5.73 Å². The van der Waals surface area contributed by atoms with Gasteiger partial charge in [-0.15, -0.1) is 0 Å². The third-order valence-electron chi connectivity index (χ3n) is 3.69.